The van der Waals surface area contributed by atoms with Crippen LogP contribution < -0.4 is 0 Å². The molecule has 4 nitrogen and oxygen atoms in total. The molecule has 0 aliphatic heterocycles. The number of carbonyl (C=O) groups is 1. The summed E-state index contributed by atoms with van der Waals surface area (Å²) in [6.07, 6.45) is 1.89. The van der Waals surface area contributed by atoms with Crippen molar-refractivity contribution in [3.63, 3.8) is 0 Å². The second-order valence-electron chi connectivity index (χ2n) is 4.00. The summed E-state index contributed by atoms with van der Waals surface area (Å²) in [4.78, 5) is 15.9. The Bertz CT molecular complexity index is 586. The van der Waals surface area contributed by atoms with Gasteiger partial charge in [0.1, 0.15) is 5.82 Å². The summed E-state index contributed by atoms with van der Waals surface area (Å²) >= 11 is 6.01. The molecule has 0 amide bonds. The number of benzene rings is 1. The lowest BCUT2D eigenvalue weighted by molar-refractivity contribution is 0.0601. The summed E-state index contributed by atoms with van der Waals surface area (Å²) in [5.74, 6) is 0.482. The van der Waals surface area contributed by atoms with Gasteiger partial charge in [0.2, 0.25) is 0 Å². The van der Waals surface area contributed by atoms with Crippen LogP contribution in [-0.4, -0.2) is 22.6 Å². The third-order valence-electron chi connectivity index (χ3n) is 2.72. The molecule has 2 aromatic rings. The fraction of sp³-hybridized carbons (Fsp3) is 0.231. The van der Waals surface area contributed by atoms with E-state index in [-0.39, 0.29) is 0 Å². The zero-order chi connectivity index (χ0) is 13.3. The Morgan fingerprint density at radius 2 is 2.11 bits per heavy atom. The summed E-state index contributed by atoms with van der Waals surface area (Å²) in [5, 5.41) is 0.483. The Labute approximate surface area is 110 Å². The molecule has 0 saturated carbocycles. The molecule has 5 heteroatoms. The van der Waals surface area contributed by atoms with E-state index in [2.05, 4.69) is 9.72 Å². The standard InChI is InChI=1S/C13H13ClN2O2/c1-8-15-12(7-16(8)2)9-4-10(13(17)18-3)6-11(14)5-9/h4-7H,1-3H3. The maximum Gasteiger partial charge on any atom is 0.337 e. The van der Waals surface area contributed by atoms with E-state index < -0.39 is 5.97 Å². The van der Waals surface area contributed by atoms with Crippen LogP contribution in [0.2, 0.25) is 5.02 Å². The molecular weight excluding hydrogens is 252 g/mol. The van der Waals surface area contributed by atoms with Gasteiger partial charge in [-0.3, -0.25) is 0 Å². The van der Waals surface area contributed by atoms with Crippen molar-refractivity contribution in [3.8, 4) is 11.3 Å². The Balaban J connectivity index is 2.51. The van der Waals surface area contributed by atoms with Crippen LogP contribution in [-0.2, 0) is 11.8 Å². The van der Waals surface area contributed by atoms with Crippen molar-refractivity contribution in [3.05, 3.63) is 40.8 Å². The number of hydrogen-bond acceptors (Lipinski definition) is 3. The van der Waals surface area contributed by atoms with Crippen LogP contribution >= 0.6 is 11.6 Å². The van der Waals surface area contributed by atoms with E-state index in [1.807, 2.05) is 24.7 Å². The third-order valence-corrected chi connectivity index (χ3v) is 2.94. The lowest BCUT2D eigenvalue weighted by Crippen LogP contribution is -2.01. The minimum absolute atomic E-state index is 0.411. The molecule has 0 aliphatic carbocycles. The highest BCUT2D eigenvalue weighted by Gasteiger charge is 2.11. The monoisotopic (exact) mass is 264 g/mol. The molecule has 0 bridgehead atoms. The number of nitrogens with zero attached hydrogens (tertiary/aromatic N) is 2. The molecule has 94 valence electrons. The molecule has 0 radical (unpaired) electrons. The fourth-order valence-electron chi connectivity index (χ4n) is 1.67. The van der Waals surface area contributed by atoms with Crippen LogP contribution in [0, 0.1) is 6.92 Å². The number of esters is 1. The molecule has 2 rings (SSSR count). The van der Waals surface area contributed by atoms with Crippen LogP contribution in [0.1, 0.15) is 16.2 Å². The van der Waals surface area contributed by atoms with Crippen molar-refractivity contribution in [2.75, 3.05) is 7.11 Å². The zero-order valence-electron chi connectivity index (χ0n) is 10.4. The molecule has 1 aromatic carbocycles. The summed E-state index contributed by atoms with van der Waals surface area (Å²) in [7, 11) is 3.26. The van der Waals surface area contributed by atoms with Gasteiger partial charge in [0, 0.05) is 23.8 Å². The lowest BCUT2D eigenvalue weighted by Gasteiger charge is -2.03. The van der Waals surface area contributed by atoms with Crippen molar-refractivity contribution in [2.24, 2.45) is 7.05 Å². The molecule has 1 heterocycles. The van der Waals surface area contributed by atoms with E-state index in [9.17, 15) is 4.79 Å². The zero-order valence-corrected chi connectivity index (χ0v) is 11.2. The van der Waals surface area contributed by atoms with Crippen molar-refractivity contribution in [2.45, 2.75) is 6.92 Å². The fourth-order valence-corrected chi connectivity index (χ4v) is 1.91. The van der Waals surface area contributed by atoms with Gasteiger partial charge in [-0.1, -0.05) is 11.6 Å². The number of carbonyl (C=O) groups excluding carboxylic acids is 1. The predicted octanol–water partition coefficient (Wildman–Crippen LogP) is 2.84. The molecule has 0 fully saturated rings. The van der Waals surface area contributed by atoms with Gasteiger partial charge in [-0.05, 0) is 25.1 Å². The van der Waals surface area contributed by atoms with E-state index in [0.717, 1.165) is 17.1 Å². The van der Waals surface area contributed by atoms with Crippen molar-refractivity contribution in [1.29, 1.82) is 0 Å². The Hall–Kier alpha value is -1.81. The van der Waals surface area contributed by atoms with E-state index in [1.165, 1.54) is 7.11 Å². The SMILES string of the molecule is COC(=O)c1cc(Cl)cc(-c2cn(C)c(C)n2)c1. The molecule has 0 unspecified atom stereocenters. The molecular formula is C13H13ClN2O2. The maximum atomic E-state index is 11.5. The lowest BCUT2D eigenvalue weighted by atomic mass is 10.1. The Morgan fingerprint density at radius 1 is 1.39 bits per heavy atom. The van der Waals surface area contributed by atoms with Gasteiger partial charge >= 0.3 is 5.97 Å². The molecule has 1 aromatic heterocycles. The van der Waals surface area contributed by atoms with Crippen molar-refractivity contribution >= 4 is 17.6 Å². The summed E-state index contributed by atoms with van der Waals surface area (Å²) in [6.45, 7) is 1.91. The summed E-state index contributed by atoms with van der Waals surface area (Å²) in [6, 6.07) is 5.07. The Kier molecular flexibility index (Phi) is 3.39. The number of halogens is 1. The highest BCUT2D eigenvalue weighted by Crippen LogP contribution is 2.24. The van der Waals surface area contributed by atoms with Gasteiger partial charge < -0.3 is 9.30 Å². The van der Waals surface area contributed by atoms with Crippen molar-refractivity contribution < 1.29 is 9.53 Å². The third kappa shape index (κ3) is 2.38. The average Bonchev–Trinajstić information content (AvgIpc) is 2.68. The number of aryl methyl sites for hydroxylation is 2. The van der Waals surface area contributed by atoms with Crippen LogP contribution in [0.25, 0.3) is 11.3 Å². The van der Waals surface area contributed by atoms with Crippen LogP contribution in [0.3, 0.4) is 0 Å². The largest absolute Gasteiger partial charge is 0.465 e. The smallest absolute Gasteiger partial charge is 0.337 e. The minimum Gasteiger partial charge on any atom is -0.465 e. The van der Waals surface area contributed by atoms with E-state index >= 15 is 0 Å². The van der Waals surface area contributed by atoms with Crippen molar-refractivity contribution in [1.82, 2.24) is 9.55 Å². The van der Waals surface area contributed by atoms with Gasteiger partial charge in [0.05, 0.1) is 18.4 Å². The van der Waals surface area contributed by atoms with Gasteiger partial charge in [-0.2, -0.15) is 0 Å². The second kappa shape index (κ2) is 4.82. The molecule has 0 aliphatic rings. The van der Waals surface area contributed by atoms with Gasteiger partial charge in [-0.15, -0.1) is 0 Å². The topological polar surface area (TPSA) is 44.1 Å². The molecule has 0 spiro atoms. The number of hydrogen-bond donors (Lipinski definition) is 0. The maximum absolute atomic E-state index is 11.5. The first-order valence-corrected chi connectivity index (χ1v) is 5.78. The molecule has 18 heavy (non-hydrogen) atoms. The predicted molar refractivity (Wildman–Crippen MR) is 69.7 cm³/mol. The minimum atomic E-state index is -0.411. The number of imidazole rings is 1. The van der Waals surface area contributed by atoms with Gasteiger partial charge in [-0.25, -0.2) is 9.78 Å². The number of ether oxygens (including phenoxy) is 1. The van der Waals surface area contributed by atoms with Gasteiger partial charge in [0.15, 0.2) is 0 Å². The summed E-state index contributed by atoms with van der Waals surface area (Å²) in [5.41, 5.74) is 2.00. The Morgan fingerprint density at radius 3 is 2.67 bits per heavy atom. The molecule has 0 N–H and O–H groups in total. The van der Waals surface area contributed by atoms with Gasteiger partial charge in [0.25, 0.3) is 0 Å². The number of methoxy groups -OCH3 is 1. The van der Waals surface area contributed by atoms with Crippen LogP contribution in [0.4, 0.5) is 0 Å². The first-order chi connectivity index (χ1) is 8.51. The van der Waals surface area contributed by atoms with Crippen LogP contribution in [0.5, 0.6) is 0 Å². The molecule has 0 atom stereocenters. The van der Waals surface area contributed by atoms with E-state index in [1.54, 1.807) is 18.2 Å². The first-order valence-electron chi connectivity index (χ1n) is 5.40. The summed E-state index contributed by atoms with van der Waals surface area (Å²) < 4.78 is 6.60. The average molecular weight is 265 g/mol. The molecule has 0 saturated heterocycles. The normalized spacial score (nSPS) is 10.4. The highest BCUT2D eigenvalue weighted by molar-refractivity contribution is 6.31. The van der Waals surface area contributed by atoms with E-state index in [0.29, 0.717) is 10.6 Å². The number of aromatic nitrogens is 2. The highest BCUT2D eigenvalue weighted by atomic mass is 35.5. The van der Waals surface area contributed by atoms with E-state index in [4.69, 9.17) is 11.6 Å². The number of rotatable bonds is 2. The first kappa shape index (κ1) is 12.6. The van der Waals surface area contributed by atoms with Crippen LogP contribution in [0.15, 0.2) is 24.4 Å². The quantitative estimate of drug-likeness (QED) is 0.784. The second-order valence-corrected chi connectivity index (χ2v) is 4.44.